The summed E-state index contributed by atoms with van der Waals surface area (Å²) in [6.45, 7) is 6.61. The third kappa shape index (κ3) is 2.93. The molecular formula is C16H22ClNO2. The molecule has 110 valence electrons. The number of esters is 1. The van der Waals surface area contributed by atoms with E-state index in [0.717, 1.165) is 18.5 Å². The Bertz CT molecular complexity index is 481. The third-order valence-electron chi connectivity index (χ3n) is 4.08. The van der Waals surface area contributed by atoms with Crippen LogP contribution in [-0.4, -0.2) is 18.1 Å². The molecule has 0 aromatic heterocycles. The molecule has 0 atom stereocenters. The summed E-state index contributed by atoms with van der Waals surface area (Å²) in [5.74, 6) is 0.955. The van der Waals surface area contributed by atoms with Gasteiger partial charge in [0.1, 0.15) is 5.54 Å². The van der Waals surface area contributed by atoms with Crippen molar-refractivity contribution < 1.29 is 9.53 Å². The van der Waals surface area contributed by atoms with Crippen LogP contribution in [0.1, 0.15) is 33.6 Å². The summed E-state index contributed by atoms with van der Waals surface area (Å²) in [6.07, 6.45) is 1.60. The normalized spacial score (nSPS) is 25.1. The van der Waals surface area contributed by atoms with E-state index in [-0.39, 0.29) is 5.97 Å². The molecule has 1 aliphatic rings. The fourth-order valence-electron chi connectivity index (χ4n) is 2.72. The molecule has 1 N–H and O–H groups in total. The van der Waals surface area contributed by atoms with E-state index in [1.165, 1.54) is 0 Å². The van der Waals surface area contributed by atoms with Crippen molar-refractivity contribution in [2.45, 2.75) is 39.2 Å². The van der Waals surface area contributed by atoms with Gasteiger partial charge >= 0.3 is 5.97 Å². The van der Waals surface area contributed by atoms with Crippen LogP contribution in [0.3, 0.4) is 0 Å². The van der Waals surface area contributed by atoms with Gasteiger partial charge in [-0.15, -0.1) is 0 Å². The van der Waals surface area contributed by atoms with Crippen molar-refractivity contribution in [3.8, 4) is 0 Å². The maximum Gasteiger partial charge on any atom is 0.331 e. The Morgan fingerprint density at radius 3 is 2.65 bits per heavy atom. The van der Waals surface area contributed by atoms with Gasteiger partial charge in [0.05, 0.1) is 17.3 Å². The van der Waals surface area contributed by atoms with Gasteiger partial charge in [-0.1, -0.05) is 37.6 Å². The van der Waals surface area contributed by atoms with E-state index in [1.807, 2.05) is 31.2 Å². The number of carbonyl (C=O) groups excluding carboxylic acids is 1. The van der Waals surface area contributed by atoms with Crippen LogP contribution < -0.4 is 5.32 Å². The van der Waals surface area contributed by atoms with Crippen molar-refractivity contribution >= 4 is 23.3 Å². The first-order valence-corrected chi connectivity index (χ1v) is 7.56. The molecule has 1 aromatic carbocycles. The van der Waals surface area contributed by atoms with Gasteiger partial charge in [0, 0.05) is 0 Å². The van der Waals surface area contributed by atoms with Crippen LogP contribution in [0.25, 0.3) is 0 Å². The summed E-state index contributed by atoms with van der Waals surface area (Å²) in [5.41, 5.74) is 0.181. The number of carbonyl (C=O) groups is 1. The molecule has 20 heavy (non-hydrogen) atoms. The molecule has 1 saturated carbocycles. The molecule has 0 unspecified atom stereocenters. The third-order valence-corrected chi connectivity index (χ3v) is 4.41. The van der Waals surface area contributed by atoms with Crippen molar-refractivity contribution in [2.75, 3.05) is 11.9 Å². The minimum atomic E-state index is -0.615. The molecule has 0 spiro atoms. The fourth-order valence-corrected chi connectivity index (χ4v) is 2.90. The zero-order valence-electron chi connectivity index (χ0n) is 12.3. The van der Waals surface area contributed by atoms with Crippen LogP contribution in [0.5, 0.6) is 0 Å². The van der Waals surface area contributed by atoms with Crippen molar-refractivity contribution in [1.29, 1.82) is 0 Å². The maximum absolute atomic E-state index is 12.3. The average Bonchev–Trinajstić information content (AvgIpc) is 2.35. The molecule has 0 amide bonds. The van der Waals surface area contributed by atoms with E-state index in [0.29, 0.717) is 23.5 Å². The lowest BCUT2D eigenvalue weighted by molar-refractivity contribution is -0.154. The maximum atomic E-state index is 12.3. The van der Waals surface area contributed by atoms with Crippen molar-refractivity contribution in [3.05, 3.63) is 29.3 Å². The van der Waals surface area contributed by atoms with Gasteiger partial charge in [-0.05, 0) is 43.7 Å². The van der Waals surface area contributed by atoms with Crippen molar-refractivity contribution in [3.63, 3.8) is 0 Å². The zero-order valence-corrected chi connectivity index (χ0v) is 13.0. The lowest BCUT2D eigenvalue weighted by atomic mass is 9.64. The number of nitrogens with one attached hydrogen (secondary N) is 1. The zero-order chi connectivity index (χ0) is 14.8. The van der Waals surface area contributed by atoms with Crippen LogP contribution in [0, 0.1) is 11.8 Å². The van der Waals surface area contributed by atoms with E-state index < -0.39 is 5.54 Å². The van der Waals surface area contributed by atoms with Gasteiger partial charge in [-0.25, -0.2) is 4.79 Å². The topological polar surface area (TPSA) is 38.3 Å². The highest BCUT2D eigenvalue weighted by Gasteiger charge is 2.52. The Balaban J connectivity index is 2.17. The minimum Gasteiger partial charge on any atom is -0.464 e. The number of ether oxygens (including phenoxy) is 1. The van der Waals surface area contributed by atoms with Gasteiger partial charge in [-0.2, -0.15) is 0 Å². The van der Waals surface area contributed by atoms with Crippen LogP contribution in [0.4, 0.5) is 5.69 Å². The standard InChI is InChI=1S/C16H22ClNO2/c1-4-20-15(19)16(9-12(10-16)11(2)3)18-14-8-6-5-7-13(14)17/h5-8,11-12,18H,4,9-10H2,1-3H3. The molecule has 1 fully saturated rings. The van der Waals surface area contributed by atoms with E-state index in [2.05, 4.69) is 19.2 Å². The highest BCUT2D eigenvalue weighted by molar-refractivity contribution is 6.33. The number of halogens is 1. The lowest BCUT2D eigenvalue weighted by Crippen LogP contribution is -2.58. The smallest absolute Gasteiger partial charge is 0.331 e. The van der Waals surface area contributed by atoms with Crippen LogP contribution in [0.15, 0.2) is 24.3 Å². The molecule has 1 aromatic rings. The summed E-state index contributed by atoms with van der Waals surface area (Å²) < 4.78 is 5.24. The van der Waals surface area contributed by atoms with E-state index in [4.69, 9.17) is 16.3 Å². The van der Waals surface area contributed by atoms with Gasteiger partial charge in [-0.3, -0.25) is 0 Å². The molecule has 0 radical (unpaired) electrons. The summed E-state index contributed by atoms with van der Waals surface area (Å²) in [4.78, 5) is 12.3. The van der Waals surface area contributed by atoms with Crippen molar-refractivity contribution in [2.24, 2.45) is 11.8 Å². The Morgan fingerprint density at radius 1 is 1.45 bits per heavy atom. The highest BCUT2D eigenvalue weighted by atomic mass is 35.5. The number of anilines is 1. The number of hydrogen-bond acceptors (Lipinski definition) is 3. The second kappa shape index (κ2) is 6.04. The average molecular weight is 296 g/mol. The highest BCUT2D eigenvalue weighted by Crippen LogP contribution is 2.45. The lowest BCUT2D eigenvalue weighted by Gasteiger charge is -2.48. The van der Waals surface area contributed by atoms with Gasteiger partial charge < -0.3 is 10.1 Å². The molecule has 1 aliphatic carbocycles. The summed E-state index contributed by atoms with van der Waals surface area (Å²) >= 11 is 6.18. The van der Waals surface area contributed by atoms with Gasteiger partial charge in [0.15, 0.2) is 0 Å². The van der Waals surface area contributed by atoms with E-state index >= 15 is 0 Å². The van der Waals surface area contributed by atoms with Crippen molar-refractivity contribution in [1.82, 2.24) is 0 Å². The van der Waals surface area contributed by atoms with E-state index in [9.17, 15) is 4.79 Å². The summed E-state index contributed by atoms with van der Waals surface area (Å²) in [6, 6.07) is 7.50. The monoisotopic (exact) mass is 295 g/mol. The Kier molecular flexibility index (Phi) is 4.59. The first-order chi connectivity index (χ1) is 9.48. The summed E-state index contributed by atoms with van der Waals surface area (Å²) in [5, 5.41) is 3.95. The van der Waals surface area contributed by atoms with Crippen LogP contribution in [0.2, 0.25) is 5.02 Å². The molecule has 3 nitrogen and oxygen atoms in total. The molecular weight excluding hydrogens is 274 g/mol. The molecule has 0 aliphatic heterocycles. The molecule has 0 bridgehead atoms. The molecule has 0 saturated heterocycles. The SMILES string of the molecule is CCOC(=O)C1(Nc2ccccc2Cl)CC(C(C)C)C1. The molecule has 2 rings (SSSR count). The van der Waals surface area contributed by atoms with E-state index in [1.54, 1.807) is 0 Å². The predicted octanol–water partition coefficient (Wildman–Crippen LogP) is 4.12. The first kappa shape index (κ1) is 15.2. The number of rotatable bonds is 5. The predicted molar refractivity (Wildman–Crippen MR) is 82.0 cm³/mol. The quantitative estimate of drug-likeness (QED) is 0.831. The van der Waals surface area contributed by atoms with Crippen LogP contribution in [-0.2, 0) is 9.53 Å². The molecule has 0 heterocycles. The second-order valence-electron chi connectivity index (χ2n) is 5.82. The summed E-state index contributed by atoms with van der Waals surface area (Å²) in [7, 11) is 0. The number of hydrogen-bond donors (Lipinski definition) is 1. The Hall–Kier alpha value is -1.22. The first-order valence-electron chi connectivity index (χ1n) is 7.18. The van der Waals surface area contributed by atoms with Gasteiger partial charge in [0.2, 0.25) is 0 Å². The minimum absolute atomic E-state index is 0.170. The molecule has 4 heteroatoms. The second-order valence-corrected chi connectivity index (χ2v) is 6.23. The fraction of sp³-hybridized carbons (Fsp3) is 0.562. The largest absolute Gasteiger partial charge is 0.464 e. The Morgan fingerprint density at radius 2 is 2.10 bits per heavy atom. The van der Waals surface area contributed by atoms with Gasteiger partial charge in [0.25, 0.3) is 0 Å². The Labute approximate surface area is 125 Å². The van der Waals surface area contributed by atoms with Crippen LogP contribution >= 0.6 is 11.6 Å². The number of benzene rings is 1. The number of para-hydroxylation sites is 1.